The van der Waals surface area contributed by atoms with Gasteiger partial charge in [-0.3, -0.25) is 13.9 Å². The molecule has 2 atom stereocenters. The van der Waals surface area contributed by atoms with E-state index in [1.165, 1.54) is 17.0 Å². The number of nitrogens with zero attached hydrogens (tertiary/aromatic N) is 2. The van der Waals surface area contributed by atoms with E-state index in [0.717, 1.165) is 26.3 Å². The third-order valence-corrected chi connectivity index (χ3v) is 9.48. The molecule has 0 radical (unpaired) electrons. The minimum atomic E-state index is -4.17. The molecule has 0 saturated heterocycles. The summed E-state index contributed by atoms with van der Waals surface area (Å²) >= 11 is 9.83. The van der Waals surface area contributed by atoms with E-state index in [1.54, 1.807) is 44.2 Å². The van der Waals surface area contributed by atoms with E-state index in [-0.39, 0.29) is 23.4 Å². The van der Waals surface area contributed by atoms with E-state index in [4.69, 9.17) is 11.6 Å². The lowest BCUT2D eigenvalue weighted by Crippen LogP contribution is -2.52. The Bertz CT molecular complexity index is 1460. The number of amides is 2. The van der Waals surface area contributed by atoms with Crippen molar-refractivity contribution in [3.63, 3.8) is 0 Å². The lowest BCUT2D eigenvalue weighted by Gasteiger charge is -2.33. The number of nitrogens with one attached hydrogen (secondary N) is 1. The van der Waals surface area contributed by atoms with Crippen LogP contribution in [0.5, 0.6) is 0 Å². The molecule has 2 amide bonds. The Morgan fingerprint density at radius 2 is 1.65 bits per heavy atom. The summed E-state index contributed by atoms with van der Waals surface area (Å²) in [6.45, 7) is 8.67. The lowest BCUT2D eigenvalue weighted by molar-refractivity contribution is -0.139. The van der Waals surface area contributed by atoms with Crippen molar-refractivity contribution in [3.8, 4) is 0 Å². The summed E-state index contributed by atoms with van der Waals surface area (Å²) in [6, 6.07) is 17.9. The van der Waals surface area contributed by atoms with Gasteiger partial charge in [-0.15, -0.1) is 0 Å². The Hall–Kier alpha value is -2.88. The van der Waals surface area contributed by atoms with Crippen LogP contribution in [-0.2, 0) is 26.2 Å². The average Bonchev–Trinajstić information content (AvgIpc) is 2.91. The third kappa shape index (κ3) is 7.65. The van der Waals surface area contributed by atoms with Crippen molar-refractivity contribution in [2.75, 3.05) is 10.8 Å². The van der Waals surface area contributed by atoms with Gasteiger partial charge in [-0.25, -0.2) is 8.42 Å². The smallest absolute Gasteiger partial charge is 0.264 e. The van der Waals surface area contributed by atoms with E-state index >= 15 is 0 Å². The SMILES string of the molecule is CC[C@@H](C)NC(=O)[C@@H](C)N(Cc1cccc(Br)c1)C(=O)CN(c1cccc(Cl)c1C)S(=O)(=O)c1ccc(C)cc1. The molecular formula is C30H35BrClN3O4S. The van der Waals surface area contributed by atoms with E-state index in [0.29, 0.717) is 16.3 Å². The van der Waals surface area contributed by atoms with Crippen molar-refractivity contribution in [1.29, 1.82) is 0 Å². The summed E-state index contributed by atoms with van der Waals surface area (Å²) < 4.78 is 29.9. The first-order valence-corrected chi connectivity index (χ1v) is 15.6. The molecule has 3 aromatic rings. The van der Waals surface area contributed by atoms with Crippen LogP contribution in [0.3, 0.4) is 0 Å². The molecule has 0 heterocycles. The summed E-state index contributed by atoms with van der Waals surface area (Å²) in [5.41, 5.74) is 2.51. The van der Waals surface area contributed by atoms with Crippen LogP contribution in [0.4, 0.5) is 5.69 Å². The van der Waals surface area contributed by atoms with E-state index in [2.05, 4.69) is 21.2 Å². The van der Waals surface area contributed by atoms with Gasteiger partial charge in [-0.2, -0.15) is 0 Å². The van der Waals surface area contributed by atoms with Crippen molar-refractivity contribution in [3.05, 3.63) is 92.9 Å². The van der Waals surface area contributed by atoms with Gasteiger partial charge in [0.25, 0.3) is 10.0 Å². The molecule has 0 unspecified atom stereocenters. The van der Waals surface area contributed by atoms with Gasteiger partial charge < -0.3 is 10.2 Å². The maximum atomic E-state index is 14.0. The fourth-order valence-electron chi connectivity index (χ4n) is 4.10. The number of carbonyl (C=O) groups is 2. The molecule has 1 N–H and O–H groups in total. The van der Waals surface area contributed by atoms with Crippen LogP contribution in [0, 0.1) is 13.8 Å². The maximum absolute atomic E-state index is 14.0. The highest BCUT2D eigenvalue weighted by Gasteiger charge is 2.33. The first kappa shape index (κ1) is 31.6. The minimum Gasteiger partial charge on any atom is -0.352 e. The standard InChI is InChI=1S/C30H35BrClN3O4S/c1-6-21(3)33-30(37)23(5)34(18-24-9-7-10-25(31)17-24)29(36)19-35(28-12-8-11-27(32)22(28)4)40(38,39)26-15-13-20(2)14-16-26/h7-17,21,23H,6,18-19H2,1-5H3,(H,33,37)/t21-,23-/m1/s1. The number of halogens is 2. The van der Waals surface area contributed by atoms with Crippen LogP contribution in [0.25, 0.3) is 0 Å². The highest BCUT2D eigenvalue weighted by Crippen LogP contribution is 2.31. The molecule has 3 aromatic carbocycles. The Labute approximate surface area is 250 Å². The number of hydrogen-bond donors (Lipinski definition) is 1. The van der Waals surface area contributed by atoms with Crippen molar-refractivity contribution in [2.24, 2.45) is 0 Å². The van der Waals surface area contributed by atoms with E-state index in [9.17, 15) is 18.0 Å². The summed E-state index contributed by atoms with van der Waals surface area (Å²) in [5, 5.41) is 3.31. The molecule has 0 spiro atoms. The summed E-state index contributed by atoms with van der Waals surface area (Å²) in [6.07, 6.45) is 0.731. The Kier molecular flexibility index (Phi) is 10.8. The second kappa shape index (κ2) is 13.7. The number of anilines is 1. The van der Waals surface area contributed by atoms with E-state index < -0.39 is 28.5 Å². The van der Waals surface area contributed by atoms with Gasteiger partial charge >= 0.3 is 0 Å². The first-order chi connectivity index (χ1) is 18.8. The predicted octanol–water partition coefficient (Wildman–Crippen LogP) is 6.25. The summed E-state index contributed by atoms with van der Waals surface area (Å²) in [4.78, 5) is 28.7. The zero-order valence-electron chi connectivity index (χ0n) is 23.3. The van der Waals surface area contributed by atoms with Crippen LogP contribution < -0.4 is 9.62 Å². The molecule has 0 fully saturated rings. The Balaban J connectivity index is 2.07. The number of aryl methyl sites for hydroxylation is 1. The number of hydrogen-bond acceptors (Lipinski definition) is 4. The zero-order chi connectivity index (χ0) is 29.6. The Morgan fingerprint density at radius 1 is 1.00 bits per heavy atom. The van der Waals surface area contributed by atoms with Gasteiger partial charge in [0.05, 0.1) is 10.6 Å². The fourth-order valence-corrected chi connectivity index (χ4v) is 6.19. The number of rotatable bonds is 11. The molecule has 3 rings (SSSR count). The van der Waals surface area contributed by atoms with Gasteiger partial charge in [0, 0.05) is 22.1 Å². The molecule has 0 bridgehead atoms. The van der Waals surface area contributed by atoms with Crippen LogP contribution in [0.1, 0.15) is 43.9 Å². The monoisotopic (exact) mass is 647 g/mol. The third-order valence-electron chi connectivity index (χ3n) is 6.81. The average molecular weight is 649 g/mol. The van der Waals surface area contributed by atoms with Gasteiger partial charge in [0.2, 0.25) is 11.8 Å². The largest absolute Gasteiger partial charge is 0.352 e. The van der Waals surface area contributed by atoms with Crippen molar-refractivity contribution in [1.82, 2.24) is 10.2 Å². The highest BCUT2D eigenvalue weighted by molar-refractivity contribution is 9.10. The second-order valence-corrected chi connectivity index (χ2v) is 13.0. The van der Waals surface area contributed by atoms with Gasteiger partial charge in [-0.05, 0) is 81.6 Å². The number of carbonyl (C=O) groups excluding carboxylic acids is 2. The minimum absolute atomic E-state index is 0.0476. The molecular weight excluding hydrogens is 614 g/mol. The van der Waals surface area contributed by atoms with Crippen LogP contribution in [0.2, 0.25) is 5.02 Å². The summed E-state index contributed by atoms with van der Waals surface area (Å²) in [7, 11) is -4.17. The van der Waals surface area contributed by atoms with Gasteiger partial charge in [0.15, 0.2) is 0 Å². The normalized spacial score (nSPS) is 12.9. The molecule has 214 valence electrons. The second-order valence-electron chi connectivity index (χ2n) is 9.85. The van der Waals surface area contributed by atoms with E-state index in [1.807, 2.05) is 45.0 Å². The van der Waals surface area contributed by atoms with Crippen LogP contribution >= 0.6 is 27.5 Å². The maximum Gasteiger partial charge on any atom is 0.264 e. The fraction of sp³-hybridized carbons (Fsp3) is 0.333. The molecule has 0 aromatic heterocycles. The molecule has 10 heteroatoms. The lowest BCUT2D eigenvalue weighted by atomic mass is 10.1. The quantitative estimate of drug-likeness (QED) is 0.267. The topological polar surface area (TPSA) is 86.8 Å². The highest BCUT2D eigenvalue weighted by atomic mass is 79.9. The number of sulfonamides is 1. The van der Waals surface area contributed by atoms with Gasteiger partial charge in [-0.1, -0.05) is 70.3 Å². The van der Waals surface area contributed by atoms with Crippen molar-refractivity contribution >= 4 is 55.1 Å². The van der Waals surface area contributed by atoms with Crippen molar-refractivity contribution in [2.45, 2.75) is 64.6 Å². The molecule has 0 aliphatic heterocycles. The molecule has 0 saturated carbocycles. The van der Waals surface area contributed by atoms with Crippen LogP contribution in [-0.4, -0.2) is 43.8 Å². The number of benzene rings is 3. The first-order valence-electron chi connectivity index (χ1n) is 13.0. The molecule has 7 nitrogen and oxygen atoms in total. The van der Waals surface area contributed by atoms with Crippen molar-refractivity contribution < 1.29 is 18.0 Å². The predicted molar refractivity (Wildman–Crippen MR) is 164 cm³/mol. The molecule has 40 heavy (non-hydrogen) atoms. The molecule has 0 aliphatic carbocycles. The zero-order valence-corrected chi connectivity index (χ0v) is 26.5. The Morgan fingerprint density at radius 3 is 2.27 bits per heavy atom. The van der Waals surface area contributed by atoms with Crippen LogP contribution in [0.15, 0.2) is 76.1 Å². The molecule has 0 aliphatic rings. The summed E-state index contributed by atoms with van der Waals surface area (Å²) in [5.74, 6) is -0.841. The van der Waals surface area contributed by atoms with Gasteiger partial charge in [0.1, 0.15) is 12.6 Å².